The number of hydrogen-bond acceptors (Lipinski definition) is 4. The van der Waals surface area contributed by atoms with Crippen molar-refractivity contribution in [1.29, 1.82) is 0 Å². The van der Waals surface area contributed by atoms with Crippen LogP contribution in [0.5, 0.6) is 0 Å². The maximum atomic E-state index is 13.0. The van der Waals surface area contributed by atoms with E-state index in [1.165, 1.54) is 0 Å². The van der Waals surface area contributed by atoms with Gasteiger partial charge in [0, 0.05) is 13.2 Å². The van der Waals surface area contributed by atoms with Crippen LogP contribution in [0.25, 0.3) is 0 Å². The van der Waals surface area contributed by atoms with E-state index in [4.69, 9.17) is 5.73 Å². The summed E-state index contributed by atoms with van der Waals surface area (Å²) < 4.78 is 14.6. The van der Waals surface area contributed by atoms with Crippen molar-refractivity contribution in [3.63, 3.8) is 0 Å². The minimum atomic E-state index is -0.604. The van der Waals surface area contributed by atoms with Gasteiger partial charge in [0.1, 0.15) is 11.6 Å². The van der Waals surface area contributed by atoms with Crippen LogP contribution < -0.4 is 11.1 Å². The first-order valence-electron chi connectivity index (χ1n) is 5.24. The van der Waals surface area contributed by atoms with Gasteiger partial charge in [-0.3, -0.25) is 9.48 Å². The van der Waals surface area contributed by atoms with Gasteiger partial charge in [0.15, 0.2) is 0 Å². The first-order valence-corrected chi connectivity index (χ1v) is 5.24. The molecule has 6 nitrogen and oxygen atoms in total. The monoisotopic (exact) mass is 249 g/mol. The van der Waals surface area contributed by atoms with Crippen LogP contribution in [0.2, 0.25) is 0 Å². The normalized spacial score (nSPS) is 10.3. The van der Waals surface area contributed by atoms with Crippen molar-refractivity contribution >= 4 is 11.7 Å². The molecule has 0 fully saturated rings. The molecule has 0 saturated carbocycles. The molecule has 0 spiro atoms. The van der Waals surface area contributed by atoms with Crippen LogP contribution in [0, 0.1) is 5.82 Å². The van der Waals surface area contributed by atoms with Crippen LogP contribution in [-0.2, 0) is 13.6 Å². The van der Waals surface area contributed by atoms with Gasteiger partial charge in [-0.25, -0.2) is 9.37 Å². The molecule has 3 N–H and O–H groups in total. The van der Waals surface area contributed by atoms with E-state index in [1.54, 1.807) is 24.0 Å². The average molecular weight is 249 g/mol. The number of halogens is 1. The van der Waals surface area contributed by atoms with Crippen LogP contribution in [0.15, 0.2) is 24.5 Å². The summed E-state index contributed by atoms with van der Waals surface area (Å²) in [5, 5.41) is 6.69. The van der Waals surface area contributed by atoms with Crippen molar-refractivity contribution in [2.45, 2.75) is 6.54 Å². The number of nitrogens with zero attached hydrogens (tertiary/aromatic N) is 3. The molecule has 0 aliphatic heterocycles. The number of carbonyl (C=O) groups excluding carboxylic acids is 1. The zero-order valence-electron chi connectivity index (χ0n) is 9.72. The van der Waals surface area contributed by atoms with Crippen molar-refractivity contribution in [2.75, 3.05) is 5.73 Å². The van der Waals surface area contributed by atoms with E-state index in [-0.39, 0.29) is 17.9 Å². The Morgan fingerprint density at radius 3 is 3.06 bits per heavy atom. The van der Waals surface area contributed by atoms with E-state index in [9.17, 15) is 9.18 Å². The van der Waals surface area contributed by atoms with E-state index in [0.29, 0.717) is 5.69 Å². The summed E-state index contributed by atoms with van der Waals surface area (Å²) in [6.07, 6.45) is 2.73. The number of hydrogen-bond donors (Lipinski definition) is 2. The molecule has 0 unspecified atom stereocenters. The zero-order valence-corrected chi connectivity index (χ0v) is 9.72. The predicted molar refractivity (Wildman–Crippen MR) is 63.0 cm³/mol. The maximum absolute atomic E-state index is 13.0. The first kappa shape index (κ1) is 12.0. The number of rotatable bonds is 3. The third-order valence-corrected chi connectivity index (χ3v) is 2.33. The zero-order chi connectivity index (χ0) is 13.1. The molecule has 2 heterocycles. The lowest BCUT2D eigenvalue weighted by Crippen LogP contribution is -2.24. The van der Waals surface area contributed by atoms with Gasteiger partial charge < -0.3 is 11.1 Å². The standard InChI is InChI=1S/C11H12FN5O/c1-17-3-2-8(16-17)6-15-11(18)9-4-7(12)5-14-10(9)13/h2-5H,6H2,1H3,(H2,13,14)(H,15,18). The van der Waals surface area contributed by atoms with Crippen molar-refractivity contribution in [2.24, 2.45) is 7.05 Å². The molecule has 0 radical (unpaired) electrons. The van der Waals surface area contributed by atoms with Gasteiger partial charge in [0.25, 0.3) is 5.91 Å². The molecule has 94 valence electrons. The number of amides is 1. The second kappa shape index (κ2) is 4.82. The second-order valence-corrected chi connectivity index (χ2v) is 3.75. The van der Waals surface area contributed by atoms with Crippen molar-refractivity contribution < 1.29 is 9.18 Å². The molecular weight excluding hydrogens is 237 g/mol. The smallest absolute Gasteiger partial charge is 0.255 e. The third-order valence-electron chi connectivity index (χ3n) is 2.33. The van der Waals surface area contributed by atoms with Gasteiger partial charge >= 0.3 is 0 Å². The Kier molecular flexibility index (Phi) is 3.22. The fraction of sp³-hybridized carbons (Fsp3) is 0.182. The molecule has 2 rings (SSSR count). The molecule has 0 aliphatic rings. The highest BCUT2D eigenvalue weighted by Gasteiger charge is 2.12. The molecule has 0 bridgehead atoms. The molecule has 18 heavy (non-hydrogen) atoms. The Balaban J connectivity index is 2.05. The fourth-order valence-corrected chi connectivity index (χ4v) is 1.46. The quantitative estimate of drug-likeness (QED) is 0.827. The number of pyridine rings is 1. The molecule has 0 atom stereocenters. The Labute approximate surface area is 103 Å². The highest BCUT2D eigenvalue weighted by atomic mass is 19.1. The lowest BCUT2D eigenvalue weighted by molar-refractivity contribution is 0.0950. The summed E-state index contributed by atoms with van der Waals surface area (Å²) in [5.74, 6) is -1.09. The average Bonchev–Trinajstić information content (AvgIpc) is 2.75. The SMILES string of the molecule is Cn1ccc(CNC(=O)c2cc(F)cnc2N)n1. The van der Waals surface area contributed by atoms with Crippen LogP contribution in [-0.4, -0.2) is 20.7 Å². The second-order valence-electron chi connectivity index (χ2n) is 3.75. The summed E-state index contributed by atoms with van der Waals surface area (Å²) in [6.45, 7) is 0.246. The maximum Gasteiger partial charge on any atom is 0.255 e. The predicted octanol–water partition coefficient (Wildman–Crippen LogP) is 0.466. The molecule has 2 aromatic heterocycles. The van der Waals surface area contributed by atoms with Gasteiger partial charge in [-0.05, 0) is 12.1 Å². The highest BCUT2D eigenvalue weighted by Crippen LogP contribution is 2.09. The summed E-state index contributed by atoms with van der Waals surface area (Å²) in [7, 11) is 1.78. The lowest BCUT2D eigenvalue weighted by atomic mass is 10.2. The van der Waals surface area contributed by atoms with Gasteiger partial charge in [-0.1, -0.05) is 0 Å². The Morgan fingerprint density at radius 2 is 2.39 bits per heavy atom. The number of anilines is 1. The molecular formula is C11H12FN5O. The van der Waals surface area contributed by atoms with Crippen LogP contribution >= 0.6 is 0 Å². The molecule has 0 aromatic carbocycles. The Hall–Kier alpha value is -2.44. The minimum absolute atomic E-state index is 0.00470. The number of aryl methyl sites for hydroxylation is 1. The number of nitrogen functional groups attached to an aromatic ring is 1. The van der Waals surface area contributed by atoms with E-state index in [2.05, 4.69) is 15.4 Å². The van der Waals surface area contributed by atoms with Crippen LogP contribution in [0.3, 0.4) is 0 Å². The summed E-state index contributed by atoms with van der Waals surface area (Å²) >= 11 is 0. The summed E-state index contributed by atoms with van der Waals surface area (Å²) in [4.78, 5) is 15.3. The summed E-state index contributed by atoms with van der Waals surface area (Å²) in [5.41, 5.74) is 6.23. The number of nitrogens with one attached hydrogen (secondary N) is 1. The first-order chi connectivity index (χ1) is 8.56. The van der Waals surface area contributed by atoms with E-state index in [0.717, 1.165) is 12.3 Å². The van der Waals surface area contributed by atoms with Gasteiger partial charge in [0.2, 0.25) is 0 Å². The van der Waals surface area contributed by atoms with E-state index >= 15 is 0 Å². The fourth-order valence-electron chi connectivity index (χ4n) is 1.46. The molecule has 0 aliphatic carbocycles. The van der Waals surface area contributed by atoms with Crippen molar-refractivity contribution in [3.05, 3.63) is 41.6 Å². The Morgan fingerprint density at radius 1 is 1.61 bits per heavy atom. The molecule has 0 saturated heterocycles. The van der Waals surface area contributed by atoms with Crippen molar-refractivity contribution in [1.82, 2.24) is 20.1 Å². The number of nitrogens with two attached hydrogens (primary N) is 1. The largest absolute Gasteiger partial charge is 0.383 e. The molecule has 2 aromatic rings. The third kappa shape index (κ3) is 2.62. The van der Waals surface area contributed by atoms with Gasteiger partial charge in [0.05, 0.1) is 24.0 Å². The summed E-state index contributed by atoms with van der Waals surface area (Å²) in [6, 6.07) is 2.82. The topological polar surface area (TPSA) is 85.8 Å². The molecule has 7 heteroatoms. The van der Waals surface area contributed by atoms with E-state index in [1.807, 2.05) is 0 Å². The highest BCUT2D eigenvalue weighted by molar-refractivity contribution is 5.98. The lowest BCUT2D eigenvalue weighted by Gasteiger charge is -2.05. The van der Waals surface area contributed by atoms with Crippen LogP contribution in [0.4, 0.5) is 10.2 Å². The van der Waals surface area contributed by atoms with Crippen LogP contribution in [0.1, 0.15) is 16.1 Å². The van der Waals surface area contributed by atoms with E-state index < -0.39 is 11.7 Å². The number of aromatic nitrogens is 3. The van der Waals surface area contributed by atoms with Crippen molar-refractivity contribution in [3.8, 4) is 0 Å². The van der Waals surface area contributed by atoms with Gasteiger partial charge in [-0.15, -0.1) is 0 Å². The minimum Gasteiger partial charge on any atom is -0.383 e. The Bertz CT molecular complexity index is 581. The number of carbonyl (C=O) groups is 1. The molecule has 1 amide bonds. The van der Waals surface area contributed by atoms with Gasteiger partial charge in [-0.2, -0.15) is 5.10 Å².